The first kappa shape index (κ1) is 20.3. The van der Waals surface area contributed by atoms with Gasteiger partial charge >= 0.3 is 12.0 Å². The van der Waals surface area contributed by atoms with Crippen LogP contribution in [-0.4, -0.2) is 34.8 Å². The number of amides is 4. The number of carbonyl (C=O) groups is 4. The lowest BCUT2D eigenvalue weighted by molar-refractivity contribution is -0.133. The molecule has 4 rings (SSSR count). The maximum atomic E-state index is 13.2. The van der Waals surface area contributed by atoms with Crippen molar-refractivity contribution in [2.75, 3.05) is 0 Å². The first-order chi connectivity index (χ1) is 13.7. The van der Waals surface area contributed by atoms with Gasteiger partial charge in [-0.25, -0.2) is 4.79 Å². The molecular weight excluding hydrogens is 508 g/mol. The molecule has 2 aliphatic carbocycles. The van der Waals surface area contributed by atoms with E-state index in [9.17, 15) is 19.2 Å². The molecule has 152 valence electrons. The van der Waals surface area contributed by atoms with Crippen molar-refractivity contribution in [3.05, 3.63) is 32.2 Å². The highest BCUT2D eigenvalue weighted by Crippen LogP contribution is 2.47. The van der Waals surface area contributed by atoms with E-state index in [4.69, 9.17) is 4.74 Å². The number of benzene rings is 1. The van der Waals surface area contributed by atoms with Gasteiger partial charge in [0.15, 0.2) is 5.75 Å². The lowest BCUT2D eigenvalue weighted by atomic mass is 9.93. The SMILES string of the molecule is CC(=O)Oc1c(Br)cc(Br)cc1/C=C1/C(=O)NC(=O)N([C@H]2C[C@H]3CC[C@H]2C3)C1=O. The molecule has 1 aliphatic heterocycles. The van der Waals surface area contributed by atoms with Crippen LogP contribution in [0.2, 0.25) is 0 Å². The number of ether oxygens (including phenoxy) is 1. The molecule has 0 unspecified atom stereocenters. The van der Waals surface area contributed by atoms with Crippen LogP contribution < -0.4 is 10.1 Å². The number of nitrogens with zero attached hydrogens (tertiary/aromatic N) is 1. The van der Waals surface area contributed by atoms with Crippen molar-refractivity contribution in [3.63, 3.8) is 0 Å². The molecule has 7 nitrogen and oxygen atoms in total. The largest absolute Gasteiger partial charge is 0.425 e. The number of fused-ring (bicyclic) bond motifs is 2. The van der Waals surface area contributed by atoms with Gasteiger partial charge in [-0.15, -0.1) is 0 Å². The van der Waals surface area contributed by atoms with Gasteiger partial charge in [0.05, 0.1) is 4.47 Å². The minimum absolute atomic E-state index is 0.161. The van der Waals surface area contributed by atoms with Crippen molar-refractivity contribution in [1.29, 1.82) is 0 Å². The van der Waals surface area contributed by atoms with Crippen molar-refractivity contribution in [1.82, 2.24) is 10.2 Å². The van der Waals surface area contributed by atoms with E-state index in [0.29, 0.717) is 26.3 Å². The number of urea groups is 1. The van der Waals surface area contributed by atoms with Gasteiger partial charge in [0.2, 0.25) is 0 Å². The number of carbonyl (C=O) groups excluding carboxylic acids is 4. The number of rotatable bonds is 3. The van der Waals surface area contributed by atoms with Gasteiger partial charge in [-0.1, -0.05) is 22.4 Å². The quantitative estimate of drug-likeness (QED) is 0.280. The monoisotopic (exact) mass is 524 g/mol. The summed E-state index contributed by atoms with van der Waals surface area (Å²) in [6.45, 7) is 1.26. The highest BCUT2D eigenvalue weighted by atomic mass is 79.9. The smallest absolute Gasteiger partial charge is 0.331 e. The molecule has 0 aromatic heterocycles. The van der Waals surface area contributed by atoms with E-state index in [1.54, 1.807) is 12.1 Å². The molecule has 1 aromatic carbocycles. The summed E-state index contributed by atoms with van der Waals surface area (Å²) in [5, 5.41) is 2.28. The number of nitrogens with one attached hydrogen (secondary N) is 1. The maximum absolute atomic E-state index is 13.2. The molecule has 2 saturated carbocycles. The molecule has 4 amide bonds. The molecule has 3 aliphatic rings. The number of hydrogen-bond donors (Lipinski definition) is 1. The third-order valence-corrected chi connectivity index (χ3v) is 6.80. The fourth-order valence-corrected chi connectivity index (χ4v) is 5.93. The van der Waals surface area contributed by atoms with E-state index in [1.165, 1.54) is 17.9 Å². The van der Waals surface area contributed by atoms with Crippen molar-refractivity contribution in [2.24, 2.45) is 11.8 Å². The Morgan fingerprint density at radius 3 is 2.59 bits per heavy atom. The van der Waals surface area contributed by atoms with Crippen LogP contribution in [0.25, 0.3) is 6.08 Å². The van der Waals surface area contributed by atoms with Gasteiger partial charge in [0, 0.05) is 23.0 Å². The maximum Gasteiger partial charge on any atom is 0.331 e. The zero-order valence-electron chi connectivity index (χ0n) is 15.5. The summed E-state index contributed by atoms with van der Waals surface area (Å²) in [6.07, 6.45) is 5.28. The Balaban J connectivity index is 1.73. The molecule has 1 heterocycles. The minimum Gasteiger partial charge on any atom is -0.425 e. The average molecular weight is 526 g/mol. The lowest BCUT2D eigenvalue weighted by Crippen LogP contribution is -2.58. The van der Waals surface area contributed by atoms with E-state index in [0.717, 1.165) is 25.7 Å². The normalized spacial score (nSPS) is 27.6. The molecule has 1 aromatic rings. The molecule has 29 heavy (non-hydrogen) atoms. The van der Waals surface area contributed by atoms with Gasteiger partial charge in [-0.3, -0.25) is 24.6 Å². The number of barbiturate groups is 1. The molecule has 9 heteroatoms. The predicted octanol–water partition coefficient (Wildman–Crippen LogP) is 3.79. The van der Waals surface area contributed by atoms with Crippen LogP contribution in [0.1, 0.15) is 38.2 Å². The van der Waals surface area contributed by atoms with Crippen LogP contribution in [0.5, 0.6) is 5.75 Å². The lowest BCUT2D eigenvalue weighted by Gasteiger charge is -2.35. The van der Waals surface area contributed by atoms with Crippen LogP contribution in [0.15, 0.2) is 26.7 Å². The Bertz CT molecular complexity index is 974. The summed E-state index contributed by atoms with van der Waals surface area (Å²) in [5.41, 5.74) is 0.202. The van der Waals surface area contributed by atoms with E-state index in [2.05, 4.69) is 37.2 Å². The standard InChI is InChI=1S/C20H18Br2N2O5/c1-9(25)29-17-12(6-13(21)8-15(17)22)7-14-18(26)23-20(28)24(19(14)27)16-5-10-2-3-11(16)4-10/h6-8,10-11,16H,2-5H2,1H3,(H,23,26,28)/b14-7-/t10-,11-,16-/m0/s1. The fraction of sp³-hybridized carbons (Fsp3) is 0.400. The summed E-state index contributed by atoms with van der Waals surface area (Å²) < 4.78 is 6.40. The summed E-state index contributed by atoms with van der Waals surface area (Å²) in [6, 6.07) is 2.48. The Morgan fingerprint density at radius 2 is 1.97 bits per heavy atom. The van der Waals surface area contributed by atoms with E-state index < -0.39 is 23.8 Å². The van der Waals surface area contributed by atoms with Crippen molar-refractivity contribution in [3.8, 4) is 5.75 Å². The minimum atomic E-state index is -0.760. The number of esters is 1. The van der Waals surface area contributed by atoms with E-state index in [1.807, 2.05) is 0 Å². The third kappa shape index (κ3) is 3.77. The molecule has 1 N–H and O–H groups in total. The fourth-order valence-electron chi connectivity index (χ4n) is 4.59. The molecule has 0 radical (unpaired) electrons. The van der Waals surface area contributed by atoms with Gasteiger partial charge in [-0.05, 0) is 65.2 Å². The number of hydrogen-bond acceptors (Lipinski definition) is 5. The van der Waals surface area contributed by atoms with Crippen LogP contribution in [0.3, 0.4) is 0 Å². The van der Waals surface area contributed by atoms with Crippen LogP contribution in [-0.2, 0) is 14.4 Å². The van der Waals surface area contributed by atoms with Gasteiger partial charge in [0.25, 0.3) is 11.8 Å². The summed E-state index contributed by atoms with van der Waals surface area (Å²) in [5.74, 6) is -0.887. The van der Waals surface area contributed by atoms with Crippen molar-refractivity contribution < 1.29 is 23.9 Å². The molecule has 1 saturated heterocycles. The predicted molar refractivity (Wildman–Crippen MR) is 111 cm³/mol. The zero-order chi connectivity index (χ0) is 20.9. The number of halogens is 2. The molecule has 3 atom stereocenters. The Labute approximate surface area is 184 Å². The summed E-state index contributed by atoms with van der Waals surface area (Å²) >= 11 is 6.69. The highest BCUT2D eigenvalue weighted by molar-refractivity contribution is 9.11. The molecular formula is C20H18Br2N2O5. The van der Waals surface area contributed by atoms with Gasteiger partial charge in [0.1, 0.15) is 5.57 Å². The van der Waals surface area contributed by atoms with Crippen LogP contribution >= 0.6 is 31.9 Å². The second-order valence-electron chi connectivity index (χ2n) is 7.63. The zero-order valence-corrected chi connectivity index (χ0v) is 18.7. The van der Waals surface area contributed by atoms with E-state index in [-0.39, 0.29) is 17.4 Å². The van der Waals surface area contributed by atoms with E-state index >= 15 is 0 Å². The Kier molecular flexibility index (Phi) is 5.37. The van der Waals surface area contributed by atoms with Gasteiger partial charge < -0.3 is 4.74 Å². The van der Waals surface area contributed by atoms with Crippen LogP contribution in [0.4, 0.5) is 4.79 Å². The topological polar surface area (TPSA) is 92.8 Å². The highest BCUT2D eigenvalue weighted by Gasteiger charge is 2.49. The number of imide groups is 2. The first-order valence-corrected chi connectivity index (χ1v) is 10.9. The molecule has 2 bridgehead atoms. The van der Waals surface area contributed by atoms with Crippen molar-refractivity contribution in [2.45, 2.75) is 38.6 Å². The molecule has 3 fully saturated rings. The van der Waals surface area contributed by atoms with Crippen LogP contribution in [0, 0.1) is 11.8 Å². The molecule has 0 spiro atoms. The second-order valence-corrected chi connectivity index (χ2v) is 9.40. The summed E-state index contributed by atoms with van der Waals surface area (Å²) in [7, 11) is 0. The Morgan fingerprint density at radius 1 is 1.21 bits per heavy atom. The first-order valence-electron chi connectivity index (χ1n) is 9.32. The third-order valence-electron chi connectivity index (χ3n) is 5.75. The Hall–Kier alpha value is -2.00. The second kappa shape index (κ2) is 7.68. The average Bonchev–Trinajstić information content (AvgIpc) is 3.24. The summed E-state index contributed by atoms with van der Waals surface area (Å²) in [4.78, 5) is 50.8. The van der Waals surface area contributed by atoms with Crippen molar-refractivity contribution >= 4 is 61.8 Å². The van der Waals surface area contributed by atoms with Gasteiger partial charge in [-0.2, -0.15) is 0 Å².